The predicted octanol–water partition coefficient (Wildman–Crippen LogP) is 4.61. The number of hydrogen-bond acceptors (Lipinski definition) is 3. The Morgan fingerprint density at radius 3 is 2.79 bits per heavy atom. The number of nitrogens with one attached hydrogen (secondary N) is 1. The average molecular weight is 406 g/mol. The summed E-state index contributed by atoms with van der Waals surface area (Å²) < 4.78 is 40.1. The highest BCUT2D eigenvalue weighted by atomic mass is 32.2. The predicted molar refractivity (Wildman–Crippen MR) is 106 cm³/mol. The number of benzene rings is 2. The van der Waals surface area contributed by atoms with Gasteiger partial charge in [-0.1, -0.05) is 18.2 Å². The fourth-order valence-electron chi connectivity index (χ4n) is 4.42. The number of nitrogens with two attached hydrogens (primary N) is 1. The molecule has 2 aliphatic heterocycles. The van der Waals surface area contributed by atoms with Crippen LogP contribution < -0.4 is 11.1 Å². The van der Waals surface area contributed by atoms with Gasteiger partial charge >= 0.3 is 6.18 Å². The van der Waals surface area contributed by atoms with Crippen molar-refractivity contribution in [3.05, 3.63) is 64.7 Å². The number of halogens is 3. The second kappa shape index (κ2) is 7.03. The molecule has 0 aromatic heterocycles. The van der Waals surface area contributed by atoms with Crippen LogP contribution in [0.4, 0.5) is 18.9 Å². The second-order valence-corrected chi connectivity index (χ2v) is 8.97. The van der Waals surface area contributed by atoms with Gasteiger partial charge in [0.05, 0.1) is 5.56 Å². The third-order valence-corrected chi connectivity index (χ3v) is 7.06. The molecule has 4 rings (SSSR count). The lowest BCUT2D eigenvalue weighted by atomic mass is 9.74. The normalized spacial score (nSPS) is 24.0. The van der Waals surface area contributed by atoms with Gasteiger partial charge in [0.1, 0.15) is 0 Å². The van der Waals surface area contributed by atoms with Crippen molar-refractivity contribution in [2.24, 2.45) is 5.73 Å². The lowest BCUT2D eigenvalue weighted by Gasteiger charge is -2.38. The fourth-order valence-corrected chi connectivity index (χ4v) is 6.00. The van der Waals surface area contributed by atoms with E-state index < -0.39 is 17.6 Å². The van der Waals surface area contributed by atoms with Crippen LogP contribution in [0.5, 0.6) is 0 Å². The van der Waals surface area contributed by atoms with Crippen molar-refractivity contribution in [3.63, 3.8) is 0 Å². The molecular formula is C21H21F3N2OS. The summed E-state index contributed by atoms with van der Waals surface area (Å²) in [6.07, 6.45) is -2.26. The number of anilines is 1. The molecule has 148 valence electrons. The average Bonchev–Trinajstić information content (AvgIpc) is 2.99. The number of alkyl halides is 3. The van der Waals surface area contributed by atoms with Crippen LogP contribution in [-0.4, -0.2) is 23.5 Å². The van der Waals surface area contributed by atoms with Gasteiger partial charge < -0.3 is 11.1 Å². The third kappa shape index (κ3) is 3.48. The summed E-state index contributed by atoms with van der Waals surface area (Å²) in [6, 6.07) is 11.3. The van der Waals surface area contributed by atoms with Crippen molar-refractivity contribution >= 4 is 23.4 Å². The van der Waals surface area contributed by atoms with E-state index >= 15 is 0 Å². The zero-order valence-electron chi connectivity index (χ0n) is 15.2. The first-order valence-corrected chi connectivity index (χ1v) is 10.3. The van der Waals surface area contributed by atoms with Gasteiger partial charge in [-0.3, -0.25) is 4.79 Å². The molecule has 1 spiro atoms. The van der Waals surface area contributed by atoms with Gasteiger partial charge in [0.2, 0.25) is 5.91 Å². The molecule has 3 N–H and O–H groups in total. The van der Waals surface area contributed by atoms with Crippen molar-refractivity contribution < 1.29 is 18.0 Å². The Bertz CT molecular complexity index is 911. The van der Waals surface area contributed by atoms with Crippen LogP contribution in [0.3, 0.4) is 0 Å². The quantitative estimate of drug-likeness (QED) is 0.783. The van der Waals surface area contributed by atoms with Crippen LogP contribution >= 0.6 is 11.8 Å². The Morgan fingerprint density at radius 1 is 1.25 bits per heavy atom. The third-order valence-electron chi connectivity index (χ3n) is 5.82. The van der Waals surface area contributed by atoms with Gasteiger partial charge in [-0.2, -0.15) is 24.9 Å². The number of thioether (sulfide) groups is 1. The molecule has 3 nitrogen and oxygen atoms in total. The largest absolute Gasteiger partial charge is 0.416 e. The summed E-state index contributed by atoms with van der Waals surface area (Å²) in [4.78, 5) is 11.6. The van der Waals surface area contributed by atoms with Gasteiger partial charge in [-0.15, -0.1) is 0 Å². The van der Waals surface area contributed by atoms with Crippen molar-refractivity contribution in [1.82, 2.24) is 0 Å². The highest BCUT2D eigenvalue weighted by Crippen LogP contribution is 2.49. The highest BCUT2D eigenvalue weighted by Gasteiger charge is 2.44. The number of carbonyl (C=O) groups is 1. The SMILES string of the molecule is NC(=O)c1ccc2c(c1)C1(CCSC(Cc3ccccc3C(F)(F)F)C1)CN2. The standard InChI is InChI=1S/C21H21F3N2OS/c22-21(23,24)16-4-2-1-3-13(16)9-15-11-20(7-8-28-15)12-26-18-6-5-14(19(25)27)10-17(18)20/h1-6,10,15,26H,7-9,11-12H2,(H2,25,27). The molecule has 2 aromatic rings. The number of primary amides is 1. The van der Waals surface area contributed by atoms with E-state index in [0.717, 1.165) is 42.5 Å². The molecule has 1 saturated heterocycles. The summed E-state index contributed by atoms with van der Waals surface area (Å²) in [5.41, 5.74) is 7.61. The van der Waals surface area contributed by atoms with Crippen molar-refractivity contribution in [1.29, 1.82) is 0 Å². The number of amides is 1. The molecule has 2 aliphatic rings. The summed E-state index contributed by atoms with van der Waals surface area (Å²) in [5, 5.41) is 3.49. The second-order valence-electron chi connectivity index (χ2n) is 7.56. The molecule has 1 amide bonds. The van der Waals surface area contributed by atoms with Crippen LogP contribution in [0, 0.1) is 0 Å². The Balaban J connectivity index is 1.61. The molecule has 0 bridgehead atoms. The first-order chi connectivity index (χ1) is 13.3. The Kier molecular flexibility index (Phi) is 4.81. The van der Waals surface area contributed by atoms with Crippen LogP contribution in [0.15, 0.2) is 42.5 Å². The molecule has 2 atom stereocenters. The van der Waals surface area contributed by atoms with Gasteiger partial charge in [-0.05, 0) is 60.4 Å². The Morgan fingerprint density at radius 2 is 2.04 bits per heavy atom. The van der Waals surface area contributed by atoms with Gasteiger partial charge in [0.25, 0.3) is 0 Å². The molecule has 1 fully saturated rings. The van der Waals surface area contributed by atoms with E-state index in [1.54, 1.807) is 30.0 Å². The minimum absolute atomic E-state index is 0.0854. The minimum atomic E-state index is -4.34. The van der Waals surface area contributed by atoms with E-state index in [1.807, 2.05) is 12.1 Å². The molecule has 2 heterocycles. The maximum atomic E-state index is 13.4. The van der Waals surface area contributed by atoms with Crippen molar-refractivity contribution in [2.75, 3.05) is 17.6 Å². The van der Waals surface area contributed by atoms with E-state index in [-0.39, 0.29) is 10.7 Å². The number of fused-ring (bicyclic) bond motifs is 2. The molecule has 7 heteroatoms. The maximum absolute atomic E-state index is 13.4. The Labute approximate surface area is 165 Å². The van der Waals surface area contributed by atoms with E-state index in [0.29, 0.717) is 17.5 Å². The minimum Gasteiger partial charge on any atom is -0.384 e. The van der Waals surface area contributed by atoms with Crippen LogP contribution in [0.25, 0.3) is 0 Å². The summed E-state index contributed by atoms with van der Waals surface area (Å²) in [7, 11) is 0. The summed E-state index contributed by atoms with van der Waals surface area (Å²) in [6.45, 7) is 0.739. The molecule has 2 unspecified atom stereocenters. The van der Waals surface area contributed by atoms with Crippen LogP contribution in [0.1, 0.15) is 39.9 Å². The van der Waals surface area contributed by atoms with E-state index in [9.17, 15) is 18.0 Å². The topological polar surface area (TPSA) is 55.1 Å². The number of rotatable bonds is 3. The van der Waals surface area contributed by atoms with Crippen molar-refractivity contribution in [2.45, 2.75) is 36.1 Å². The molecular weight excluding hydrogens is 385 g/mol. The monoisotopic (exact) mass is 406 g/mol. The van der Waals surface area contributed by atoms with E-state index in [4.69, 9.17) is 5.73 Å². The van der Waals surface area contributed by atoms with Crippen LogP contribution in [-0.2, 0) is 18.0 Å². The summed E-state index contributed by atoms with van der Waals surface area (Å²) in [5.74, 6) is 0.409. The Hall–Kier alpha value is -2.15. The zero-order chi connectivity index (χ0) is 19.9. The summed E-state index contributed by atoms with van der Waals surface area (Å²) >= 11 is 1.74. The maximum Gasteiger partial charge on any atom is 0.416 e. The number of hydrogen-bond donors (Lipinski definition) is 2. The first kappa shape index (κ1) is 19.2. The van der Waals surface area contributed by atoms with Gasteiger partial charge in [0, 0.05) is 28.5 Å². The smallest absolute Gasteiger partial charge is 0.384 e. The molecule has 2 aromatic carbocycles. The van der Waals surface area contributed by atoms with Crippen molar-refractivity contribution in [3.8, 4) is 0 Å². The van der Waals surface area contributed by atoms with Gasteiger partial charge in [0.15, 0.2) is 0 Å². The molecule has 0 radical (unpaired) electrons. The molecule has 0 aliphatic carbocycles. The lowest BCUT2D eigenvalue weighted by molar-refractivity contribution is -0.138. The molecule has 0 saturated carbocycles. The zero-order valence-corrected chi connectivity index (χ0v) is 16.0. The van der Waals surface area contributed by atoms with E-state index in [2.05, 4.69) is 5.32 Å². The first-order valence-electron chi connectivity index (χ1n) is 9.23. The number of carbonyl (C=O) groups excluding carboxylic acids is 1. The highest BCUT2D eigenvalue weighted by molar-refractivity contribution is 7.99. The van der Waals surface area contributed by atoms with Gasteiger partial charge in [-0.25, -0.2) is 0 Å². The fraction of sp³-hybridized carbons (Fsp3) is 0.381. The van der Waals surface area contributed by atoms with E-state index in [1.165, 1.54) is 6.07 Å². The lowest BCUT2D eigenvalue weighted by Crippen LogP contribution is -2.37. The molecule has 28 heavy (non-hydrogen) atoms. The van der Waals surface area contributed by atoms with Crippen LogP contribution in [0.2, 0.25) is 0 Å².